The fraction of sp³-hybridized carbons (Fsp3) is 0.294. The van der Waals surface area contributed by atoms with Crippen LogP contribution in [0.2, 0.25) is 0 Å². The Kier molecular flexibility index (Phi) is 4.40. The molecular weight excluding hydrogens is 218 g/mol. The number of hydrogen-bond acceptors (Lipinski definition) is 1. The molecule has 0 aliphatic heterocycles. The molecule has 1 N–H and O–H groups in total. The maximum atomic E-state index is 3.45. The summed E-state index contributed by atoms with van der Waals surface area (Å²) < 4.78 is 0. The van der Waals surface area contributed by atoms with Crippen LogP contribution in [0, 0.1) is 13.8 Å². The topological polar surface area (TPSA) is 12.0 Å². The Bertz CT molecular complexity index is 488. The quantitative estimate of drug-likeness (QED) is 0.765. The van der Waals surface area contributed by atoms with E-state index in [1.54, 1.807) is 0 Å². The Hall–Kier alpha value is -1.76. The Labute approximate surface area is 110 Å². The van der Waals surface area contributed by atoms with Gasteiger partial charge in [-0.05, 0) is 55.5 Å². The van der Waals surface area contributed by atoms with Crippen molar-refractivity contribution in [3.05, 3.63) is 65.2 Å². The number of nitrogens with one attached hydrogen (secondary N) is 1. The average Bonchev–Trinajstić information content (AvgIpc) is 2.40. The molecule has 18 heavy (non-hydrogen) atoms. The van der Waals surface area contributed by atoms with Crippen molar-refractivity contribution in [2.45, 2.75) is 26.7 Å². The van der Waals surface area contributed by atoms with E-state index in [1.807, 2.05) is 6.07 Å². The fourth-order valence-electron chi connectivity index (χ4n) is 2.15. The molecule has 0 aromatic heterocycles. The van der Waals surface area contributed by atoms with Gasteiger partial charge in [0.15, 0.2) is 0 Å². The summed E-state index contributed by atoms with van der Waals surface area (Å²) in [5.41, 5.74) is 5.52. The average molecular weight is 239 g/mol. The van der Waals surface area contributed by atoms with Crippen LogP contribution in [0.4, 0.5) is 5.69 Å². The maximum absolute atomic E-state index is 3.45. The second-order valence-corrected chi connectivity index (χ2v) is 4.76. The zero-order valence-corrected chi connectivity index (χ0v) is 11.2. The predicted molar refractivity (Wildman–Crippen MR) is 79.2 cm³/mol. The molecule has 1 heteroatoms. The van der Waals surface area contributed by atoms with Gasteiger partial charge in [0.1, 0.15) is 0 Å². The van der Waals surface area contributed by atoms with Gasteiger partial charge in [0.2, 0.25) is 0 Å². The van der Waals surface area contributed by atoms with E-state index in [0.29, 0.717) is 0 Å². The summed E-state index contributed by atoms with van der Waals surface area (Å²) in [7, 11) is 0. The van der Waals surface area contributed by atoms with Gasteiger partial charge in [-0.25, -0.2) is 0 Å². The molecule has 2 rings (SSSR count). The second-order valence-electron chi connectivity index (χ2n) is 4.76. The van der Waals surface area contributed by atoms with Crippen LogP contribution in [0.15, 0.2) is 48.5 Å². The Morgan fingerprint density at radius 1 is 0.889 bits per heavy atom. The number of anilines is 1. The van der Waals surface area contributed by atoms with E-state index in [1.165, 1.54) is 28.8 Å². The molecule has 0 saturated heterocycles. The van der Waals surface area contributed by atoms with Crippen LogP contribution in [-0.2, 0) is 6.42 Å². The van der Waals surface area contributed by atoms with Crippen LogP contribution >= 0.6 is 0 Å². The first-order chi connectivity index (χ1) is 8.77. The summed E-state index contributed by atoms with van der Waals surface area (Å²) in [6.45, 7) is 5.42. The van der Waals surface area contributed by atoms with E-state index in [0.717, 1.165) is 13.0 Å². The van der Waals surface area contributed by atoms with E-state index in [4.69, 9.17) is 0 Å². The Morgan fingerprint density at radius 2 is 1.67 bits per heavy atom. The molecule has 0 fully saturated rings. The van der Waals surface area contributed by atoms with Gasteiger partial charge < -0.3 is 5.32 Å². The molecule has 2 aromatic carbocycles. The highest BCUT2D eigenvalue weighted by Gasteiger charge is 2.00. The molecule has 0 atom stereocenters. The summed E-state index contributed by atoms with van der Waals surface area (Å²) in [6.07, 6.45) is 2.31. The smallest absolute Gasteiger partial charge is 0.0340 e. The minimum absolute atomic E-state index is 1.03. The molecule has 2 aromatic rings. The summed E-state index contributed by atoms with van der Waals surface area (Å²) >= 11 is 0. The highest BCUT2D eigenvalue weighted by molar-refractivity contribution is 5.42. The van der Waals surface area contributed by atoms with E-state index in [2.05, 4.69) is 61.6 Å². The van der Waals surface area contributed by atoms with Gasteiger partial charge in [-0.1, -0.05) is 36.4 Å². The summed E-state index contributed by atoms with van der Waals surface area (Å²) in [5.74, 6) is 0. The SMILES string of the molecule is Cc1cccc(CCCNc2ccccc2)c1C. The third-order valence-corrected chi connectivity index (χ3v) is 3.44. The molecular formula is C17H21N. The van der Waals surface area contributed by atoms with Gasteiger partial charge >= 0.3 is 0 Å². The monoisotopic (exact) mass is 239 g/mol. The third kappa shape index (κ3) is 3.36. The first-order valence-corrected chi connectivity index (χ1v) is 6.61. The second kappa shape index (κ2) is 6.25. The molecule has 0 heterocycles. The first-order valence-electron chi connectivity index (χ1n) is 6.61. The van der Waals surface area contributed by atoms with Crippen molar-refractivity contribution >= 4 is 5.69 Å². The van der Waals surface area contributed by atoms with E-state index >= 15 is 0 Å². The molecule has 94 valence electrons. The van der Waals surface area contributed by atoms with Crippen molar-refractivity contribution in [2.24, 2.45) is 0 Å². The third-order valence-electron chi connectivity index (χ3n) is 3.44. The van der Waals surface area contributed by atoms with Crippen LogP contribution in [0.1, 0.15) is 23.1 Å². The highest BCUT2D eigenvalue weighted by atomic mass is 14.9. The number of para-hydroxylation sites is 1. The molecule has 0 unspecified atom stereocenters. The highest BCUT2D eigenvalue weighted by Crippen LogP contribution is 2.14. The van der Waals surface area contributed by atoms with Crippen LogP contribution in [0.25, 0.3) is 0 Å². The van der Waals surface area contributed by atoms with E-state index in [9.17, 15) is 0 Å². The summed E-state index contributed by atoms with van der Waals surface area (Å²) in [4.78, 5) is 0. The lowest BCUT2D eigenvalue weighted by atomic mass is 10.00. The predicted octanol–water partition coefficient (Wildman–Crippen LogP) is 4.35. The molecule has 0 radical (unpaired) electrons. The van der Waals surface area contributed by atoms with Gasteiger partial charge in [0.25, 0.3) is 0 Å². The Balaban J connectivity index is 1.81. The summed E-state index contributed by atoms with van der Waals surface area (Å²) in [6, 6.07) is 17.0. The Morgan fingerprint density at radius 3 is 2.44 bits per heavy atom. The van der Waals surface area contributed by atoms with Crippen molar-refractivity contribution in [1.82, 2.24) is 0 Å². The number of hydrogen-bond donors (Lipinski definition) is 1. The molecule has 0 amide bonds. The molecule has 0 spiro atoms. The standard InChI is InChI=1S/C17H21N/c1-14-8-6-9-16(15(14)2)10-7-13-18-17-11-4-3-5-12-17/h3-6,8-9,11-12,18H,7,10,13H2,1-2H3. The first kappa shape index (κ1) is 12.7. The number of benzene rings is 2. The number of aryl methyl sites for hydroxylation is 2. The van der Waals surface area contributed by atoms with Crippen molar-refractivity contribution in [3.8, 4) is 0 Å². The lowest BCUT2D eigenvalue weighted by molar-refractivity contribution is 0.855. The largest absolute Gasteiger partial charge is 0.385 e. The molecule has 0 aliphatic carbocycles. The van der Waals surface area contributed by atoms with Crippen molar-refractivity contribution in [2.75, 3.05) is 11.9 Å². The minimum Gasteiger partial charge on any atom is -0.385 e. The van der Waals surface area contributed by atoms with Crippen LogP contribution in [-0.4, -0.2) is 6.54 Å². The van der Waals surface area contributed by atoms with Crippen molar-refractivity contribution in [3.63, 3.8) is 0 Å². The minimum atomic E-state index is 1.03. The van der Waals surface area contributed by atoms with Gasteiger partial charge in [0, 0.05) is 12.2 Å². The zero-order valence-electron chi connectivity index (χ0n) is 11.2. The van der Waals surface area contributed by atoms with Gasteiger partial charge in [0.05, 0.1) is 0 Å². The molecule has 0 saturated carbocycles. The van der Waals surface area contributed by atoms with Gasteiger partial charge in [-0.15, -0.1) is 0 Å². The lowest BCUT2D eigenvalue weighted by Crippen LogP contribution is -2.03. The van der Waals surface area contributed by atoms with E-state index in [-0.39, 0.29) is 0 Å². The molecule has 0 aliphatic rings. The fourth-order valence-corrected chi connectivity index (χ4v) is 2.15. The van der Waals surface area contributed by atoms with Crippen molar-refractivity contribution in [1.29, 1.82) is 0 Å². The van der Waals surface area contributed by atoms with Gasteiger partial charge in [-0.3, -0.25) is 0 Å². The van der Waals surface area contributed by atoms with Crippen LogP contribution in [0.3, 0.4) is 0 Å². The van der Waals surface area contributed by atoms with E-state index < -0.39 is 0 Å². The van der Waals surface area contributed by atoms with Crippen LogP contribution < -0.4 is 5.32 Å². The van der Waals surface area contributed by atoms with Gasteiger partial charge in [-0.2, -0.15) is 0 Å². The maximum Gasteiger partial charge on any atom is 0.0340 e. The van der Waals surface area contributed by atoms with Crippen molar-refractivity contribution < 1.29 is 0 Å². The number of rotatable bonds is 5. The summed E-state index contributed by atoms with van der Waals surface area (Å²) in [5, 5.41) is 3.45. The lowest BCUT2D eigenvalue weighted by Gasteiger charge is -2.09. The molecule has 0 bridgehead atoms. The zero-order chi connectivity index (χ0) is 12.8. The normalized spacial score (nSPS) is 10.3. The van der Waals surface area contributed by atoms with Crippen LogP contribution in [0.5, 0.6) is 0 Å². The molecule has 1 nitrogen and oxygen atoms in total.